The van der Waals surface area contributed by atoms with Gasteiger partial charge in [-0.3, -0.25) is 5.32 Å². The van der Waals surface area contributed by atoms with Gasteiger partial charge in [-0.2, -0.15) is 0 Å². The molecule has 0 saturated carbocycles. The number of hydrogen-bond donors (Lipinski definition) is 1. The summed E-state index contributed by atoms with van der Waals surface area (Å²) in [5.41, 5.74) is 2.01. The summed E-state index contributed by atoms with van der Waals surface area (Å²) in [6, 6.07) is 7.73. The van der Waals surface area contributed by atoms with Gasteiger partial charge in [0.1, 0.15) is 0 Å². The van der Waals surface area contributed by atoms with Crippen LogP contribution in [-0.4, -0.2) is 12.2 Å². The van der Waals surface area contributed by atoms with Crippen LogP contribution >= 0.6 is 0 Å². The predicted octanol–water partition coefficient (Wildman–Crippen LogP) is 3.21. The number of carbonyl (C=O) groups excluding carboxylic acids is 1. The van der Waals surface area contributed by atoms with E-state index in [0.29, 0.717) is 0 Å². The van der Waals surface area contributed by atoms with E-state index in [1.165, 1.54) is 5.56 Å². The van der Waals surface area contributed by atoms with Gasteiger partial charge in [-0.15, -0.1) is 0 Å². The lowest BCUT2D eigenvalue weighted by atomic mass is 10.1. The summed E-state index contributed by atoms with van der Waals surface area (Å²) in [5.74, 6) is 0. The Morgan fingerprint density at radius 3 is 2.40 bits per heavy atom. The van der Waals surface area contributed by atoms with Crippen LogP contribution in [0.1, 0.15) is 26.3 Å². The second kappa shape index (κ2) is 5.39. The van der Waals surface area contributed by atoms with E-state index in [1.807, 2.05) is 38.1 Å². The van der Waals surface area contributed by atoms with Gasteiger partial charge < -0.3 is 4.74 Å². The van der Waals surface area contributed by atoms with E-state index < -0.39 is 6.09 Å². The molecule has 0 spiro atoms. The molecule has 0 aromatic heterocycles. The van der Waals surface area contributed by atoms with Crippen LogP contribution in [0.3, 0.4) is 0 Å². The largest absolute Gasteiger partial charge is 0.447 e. The Morgan fingerprint density at radius 1 is 1.33 bits per heavy atom. The molecule has 1 N–H and O–H groups in total. The molecule has 15 heavy (non-hydrogen) atoms. The van der Waals surface area contributed by atoms with Gasteiger partial charge in [0, 0.05) is 5.69 Å². The summed E-state index contributed by atoms with van der Waals surface area (Å²) in [7, 11) is 0. The van der Waals surface area contributed by atoms with Gasteiger partial charge in [-0.1, -0.05) is 19.1 Å². The Morgan fingerprint density at radius 2 is 1.93 bits per heavy atom. The number of carbonyl (C=O) groups is 1. The minimum Gasteiger partial charge on any atom is -0.447 e. The molecule has 0 bridgehead atoms. The van der Waals surface area contributed by atoms with Crippen molar-refractivity contribution >= 4 is 11.8 Å². The Bertz CT molecular complexity index is 317. The van der Waals surface area contributed by atoms with Gasteiger partial charge >= 0.3 is 6.09 Å². The van der Waals surface area contributed by atoms with Gasteiger partial charge in [-0.25, -0.2) is 4.79 Å². The fraction of sp³-hybridized carbons (Fsp3) is 0.417. The molecule has 0 saturated heterocycles. The molecule has 0 radical (unpaired) electrons. The smallest absolute Gasteiger partial charge is 0.411 e. The summed E-state index contributed by atoms with van der Waals surface area (Å²) in [4.78, 5) is 11.2. The fourth-order valence-electron chi connectivity index (χ4n) is 1.19. The molecule has 1 rings (SSSR count). The van der Waals surface area contributed by atoms with Crippen LogP contribution in [0.25, 0.3) is 0 Å². The average molecular weight is 207 g/mol. The first-order valence-electron chi connectivity index (χ1n) is 5.18. The van der Waals surface area contributed by atoms with Crippen LogP contribution in [0.2, 0.25) is 0 Å². The molecule has 0 heterocycles. The van der Waals surface area contributed by atoms with Crippen molar-refractivity contribution in [2.24, 2.45) is 0 Å². The van der Waals surface area contributed by atoms with Crippen molar-refractivity contribution in [1.82, 2.24) is 0 Å². The highest BCUT2D eigenvalue weighted by atomic mass is 16.6. The van der Waals surface area contributed by atoms with E-state index in [0.717, 1.165) is 12.1 Å². The summed E-state index contributed by atoms with van der Waals surface area (Å²) in [6.45, 7) is 5.73. The number of benzene rings is 1. The first kappa shape index (κ1) is 11.6. The highest BCUT2D eigenvalue weighted by Gasteiger charge is 2.04. The zero-order valence-corrected chi connectivity index (χ0v) is 9.41. The number of ether oxygens (including phenoxy) is 1. The number of rotatable bonds is 3. The maximum Gasteiger partial charge on any atom is 0.411 e. The molecule has 3 nitrogen and oxygen atoms in total. The highest BCUT2D eigenvalue weighted by molar-refractivity contribution is 5.84. The minimum absolute atomic E-state index is 0.0973. The highest BCUT2D eigenvalue weighted by Crippen LogP contribution is 2.10. The molecule has 0 aliphatic carbocycles. The number of amides is 1. The third-order valence-electron chi connectivity index (χ3n) is 1.95. The number of anilines is 1. The molecule has 1 aromatic carbocycles. The number of aryl methyl sites for hydroxylation is 1. The molecule has 0 aliphatic heterocycles. The number of nitrogens with one attached hydrogen (secondary N) is 1. The monoisotopic (exact) mass is 207 g/mol. The molecule has 0 unspecified atom stereocenters. The van der Waals surface area contributed by atoms with Crippen molar-refractivity contribution < 1.29 is 9.53 Å². The summed E-state index contributed by atoms with van der Waals surface area (Å²) in [6.07, 6.45) is 0.491. The van der Waals surface area contributed by atoms with Crippen LogP contribution in [0, 0.1) is 0 Å². The van der Waals surface area contributed by atoms with Crippen molar-refractivity contribution in [3.8, 4) is 0 Å². The summed E-state index contributed by atoms with van der Waals surface area (Å²) >= 11 is 0. The Kier molecular flexibility index (Phi) is 4.16. The van der Waals surface area contributed by atoms with E-state index in [2.05, 4.69) is 12.2 Å². The van der Waals surface area contributed by atoms with Crippen LogP contribution in [0.4, 0.5) is 10.5 Å². The molecule has 3 heteroatoms. The zero-order chi connectivity index (χ0) is 11.3. The van der Waals surface area contributed by atoms with Gasteiger partial charge in [0.15, 0.2) is 0 Å². The molecule has 0 atom stereocenters. The van der Waals surface area contributed by atoms with Crippen molar-refractivity contribution in [2.75, 3.05) is 5.32 Å². The standard InChI is InChI=1S/C12H17NO2/c1-4-10-5-7-11(8-6-10)13-12(14)15-9(2)3/h5-9H,4H2,1-3H3,(H,13,14). The van der Waals surface area contributed by atoms with Gasteiger partial charge in [0.25, 0.3) is 0 Å². The third-order valence-corrected chi connectivity index (χ3v) is 1.95. The van der Waals surface area contributed by atoms with Crippen LogP contribution in [0.15, 0.2) is 24.3 Å². The molecule has 0 fully saturated rings. The predicted molar refractivity (Wildman–Crippen MR) is 61.1 cm³/mol. The first-order valence-corrected chi connectivity index (χ1v) is 5.18. The van der Waals surface area contributed by atoms with Crippen molar-refractivity contribution in [1.29, 1.82) is 0 Å². The lowest BCUT2D eigenvalue weighted by molar-refractivity contribution is 0.130. The number of hydrogen-bond acceptors (Lipinski definition) is 2. The maximum atomic E-state index is 11.2. The second-order valence-corrected chi connectivity index (χ2v) is 3.63. The topological polar surface area (TPSA) is 38.3 Å². The SMILES string of the molecule is CCc1ccc(NC(=O)OC(C)C)cc1. The van der Waals surface area contributed by atoms with Crippen molar-refractivity contribution in [3.63, 3.8) is 0 Å². The van der Waals surface area contributed by atoms with Crippen LogP contribution in [-0.2, 0) is 11.2 Å². The lowest BCUT2D eigenvalue weighted by Gasteiger charge is -2.09. The van der Waals surface area contributed by atoms with Gasteiger partial charge in [0.05, 0.1) is 6.10 Å². The maximum absolute atomic E-state index is 11.2. The Hall–Kier alpha value is -1.51. The third kappa shape index (κ3) is 4.02. The summed E-state index contributed by atoms with van der Waals surface area (Å²) < 4.78 is 4.96. The summed E-state index contributed by atoms with van der Waals surface area (Å²) in [5, 5.41) is 2.66. The molecule has 1 aromatic rings. The van der Waals surface area contributed by atoms with Crippen LogP contribution < -0.4 is 5.32 Å². The second-order valence-electron chi connectivity index (χ2n) is 3.63. The molecular formula is C12H17NO2. The molecular weight excluding hydrogens is 190 g/mol. The quantitative estimate of drug-likeness (QED) is 0.826. The van der Waals surface area contributed by atoms with E-state index in [4.69, 9.17) is 4.74 Å². The zero-order valence-electron chi connectivity index (χ0n) is 9.41. The van der Waals surface area contributed by atoms with Gasteiger partial charge in [0.2, 0.25) is 0 Å². The van der Waals surface area contributed by atoms with Gasteiger partial charge in [-0.05, 0) is 38.0 Å². The van der Waals surface area contributed by atoms with E-state index >= 15 is 0 Å². The Balaban J connectivity index is 2.53. The van der Waals surface area contributed by atoms with Crippen molar-refractivity contribution in [2.45, 2.75) is 33.3 Å². The van der Waals surface area contributed by atoms with Crippen LogP contribution in [0.5, 0.6) is 0 Å². The minimum atomic E-state index is -0.408. The van der Waals surface area contributed by atoms with E-state index in [9.17, 15) is 4.79 Å². The average Bonchev–Trinajstić information content (AvgIpc) is 2.17. The first-order chi connectivity index (χ1) is 7.11. The lowest BCUT2D eigenvalue weighted by Crippen LogP contribution is -2.17. The van der Waals surface area contributed by atoms with E-state index in [1.54, 1.807) is 0 Å². The van der Waals surface area contributed by atoms with E-state index in [-0.39, 0.29) is 6.10 Å². The molecule has 1 amide bonds. The fourth-order valence-corrected chi connectivity index (χ4v) is 1.19. The normalized spacial score (nSPS) is 10.1. The van der Waals surface area contributed by atoms with Crippen molar-refractivity contribution in [3.05, 3.63) is 29.8 Å². The molecule has 82 valence electrons. The molecule has 0 aliphatic rings. The Labute approximate surface area is 90.4 Å².